The van der Waals surface area contributed by atoms with Crippen molar-refractivity contribution in [3.8, 4) is 0 Å². The highest BCUT2D eigenvalue weighted by molar-refractivity contribution is 5.43. The van der Waals surface area contributed by atoms with Gasteiger partial charge in [0.05, 0.1) is 5.69 Å². The number of hydrogen-bond donors (Lipinski definition) is 1. The first-order chi connectivity index (χ1) is 5.36. The van der Waals surface area contributed by atoms with E-state index in [0.717, 1.165) is 12.2 Å². The van der Waals surface area contributed by atoms with Crippen molar-refractivity contribution in [3.63, 3.8) is 0 Å². The van der Waals surface area contributed by atoms with E-state index in [-0.39, 0.29) is 0 Å². The summed E-state index contributed by atoms with van der Waals surface area (Å²) in [5.74, 6) is 0. The molecule has 1 aromatic heterocycles. The molecule has 0 aromatic carbocycles. The van der Waals surface area contributed by atoms with E-state index in [4.69, 9.17) is 5.73 Å². The Hall–Kier alpha value is -1.09. The van der Waals surface area contributed by atoms with Gasteiger partial charge >= 0.3 is 0 Å². The smallest absolute Gasteiger partial charge is 0.0848 e. The van der Waals surface area contributed by atoms with Crippen LogP contribution in [0.4, 0.5) is 0 Å². The molecule has 0 saturated carbocycles. The molecule has 0 amide bonds. The molecule has 1 aromatic rings. The lowest BCUT2D eigenvalue weighted by atomic mass is 10.4. The Morgan fingerprint density at radius 1 is 1.73 bits per heavy atom. The summed E-state index contributed by atoms with van der Waals surface area (Å²) in [6, 6.07) is 1.97. The zero-order chi connectivity index (χ0) is 8.10. The molecule has 0 atom stereocenters. The van der Waals surface area contributed by atoms with Gasteiger partial charge in [0.15, 0.2) is 0 Å². The quantitative estimate of drug-likeness (QED) is 0.696. The lowest BCUT2D eigenvalue weighted by molar-refractivity contribution is 0.658. The minimum atomic E-state index is 0.568. The minimum Gasteiger partial charge on any atom is -0.327 e. The zero-order valence-electron chi connectivity index (χ0n) is 6.70. The van der Waals surface area contributed by atoms with Crippen molar-refractivity contribution >= 4 is 6.08 Å². The van der Waals surface area contributed by atoms with Gasteiger partial charge in [-0.3, -0.25) is 4.68 Å². The maximum Gasteiger partial charge on any atom is 0.0848 e. The van der Waals surface area contributed by atoms with E-state index >= 15 is 0 Å². The Morgan fingerprint density at radius 2 is 2.55 bits per heavy atom. The topological polar surface area (TPSA) is 43.8 Å². The van der Waals surface area contributed by atoms with E-state index in [1.165, 1.54) is 0 Å². The molecule has 1 rings (SSSR count). The fourth-order valence-electron chi connectivity index (χ4n) is 0.831. The van der Waals surface area contributed by atoms with Crippen LogP contribution in [0.2, 0.25) is 0 Å². The van der Waals surface area contributed by atoms with E-state index in [1.807, 2.05) is 29.1 Å². The van der Waals surface area contributed by atoms with Crippen molar-refractivity contribution in [3.05, 3.63) is 24.0 Å². The highest BCUT2D eigenvalue weighted by Crippen LogP contribution is 1.97. The van der Waals surface area contributed by atoms with Crippen LogP contribution in [0, 0.1) is 0 Å². The zero-order valence-corrected chi connectivity index (χ0v) is 6.70. The molecule has 0 fully saturated rings. The van der Waals surface area contributed by atoms with E-state index in [2.05, 4.69) is 12.0 Å². The average molecular weight is 151 g/mol. The molecule has 0 aliphatic rings. The molecular formula is C8H13N3. The highest BCUT2D eigenvalue weighted by Gasteiger charge is 1.90. The van der Waals surface area contributed by atoms with Gasteiger partial charge in [0.1, 0.15) is 0 Å². The van der Waals surface area contributed by atoms with Gasteiger partial charge in [-0.05, 0) is 19.1 Å². The number of aromatic nitrogens is 2. The average Bonchev–Trinajstić information content (AvgIpc) is 2.48. The van der Waals surface area contributed by atoms with Crippen molar-refractivity contribution in [2.75, 3.05) is 6.54 Å². The van der Waals surface area contributed by atoms with E-state index in [1.54, 1.807) is 0 Å². The largest absolute Gasteiger partial charge is 0.327 e. The summed E-state index contributed by atoms with van der Waals surface area (Å²) in [7, 11) is 0. The predicted octanol–water partition coefficient (Wildman–Crippen LogP) is 0.875. The lowest BCUT2D eigenvalue weighted by Gasteiger charge is -1.90. The van der Waals surface area contributed by atoms with Crippen LogP contribution < -0.4 is 5.73 Å². The van der Waals surface area contributed by atoms with Crippen LogP contribution >= 0.6 is 0 Å². The summed E-state index contributed by atoms with van der Waals surface area (Å²) in [5.41, 5.74) is 6.26. The van der Waals surface area contributed by atoms with E-state index in [0.29, 0.717) is 6.54 Å². The molecule has 0 saturated heterocycles. The third kappa shape index (κ3) is 2.20. The maximum atomic E-state index is 5.29. The number of aryl methyl sites for hydroxylation is 1. The van der Waals surface area contributed by atoms with Crippen molar-refractivity contribution in [2.24, 2.45) is 5.73 Å². The van der Waals surface area contributed by atoms with Crippen LogP contribution in [0.15, 0.2) is 18.3 Å². The maximum absolute atomic E-state index is 5.29. The molecule has 0 radical (unpaired) electrons. The third-order valence-electron chi connectivity index (χ3n) is 1.41. The van der Waals surface area contributed by atoms with Crippen LogP contribution in [-0.4, -0.2) is 16.3 Å². The summed E-state index contributed by atoms with van der Waals surface area (Å²) in [6.07, 6.45) is 5.77. The SMILES string of the molecule is CCn1ccc(/C=C/CN)n1. The molecule has 11 heavy (non-hydrogen) atoms. The molecule has 3 heteroatoms. The highest BCUT2D eigenvalue weighted by atomic mass is 15.3. The van der Waals surface area contributed by atoms with Gasteiger partial charge < -0.3 is 5.73 Å². The Morgan fingerprint density at radius 3 is 3.09 bits per heavy atom. The first-order valence-corrected chi connectivity index (χ1v) is 3.77. The number of hydrogen-bond acceptors (Lipinski definition) is 2. The molecule has 3 nitrogen and oxygen atoms in total. The van der Waals surface area contributed by atoms with Gasteiger partial charge in [0, 0.05) is 19.3 Å². The van der Waals surface area contributed by atoms with Crippen LogP contribution in [-0.2, 0) is 6.54 Å². The molecular weight excluding hydrogens is 138 g/mol. The molecule has 2 N–H and O–H groups in total. The summed E-state index contributed by atoms with van der Waals surface area (Å²) >= 11 is 0. The Labute approximate surface area is 66.5 Å². The van der Waals surface area contributed by atoms with Gasteiger partial charge in [0.25, 0.3) is 0 Å². The Balaban J connectivity index is 2.65. The monoisotopic (exact) mass is 151 g/mol. The summed E-state index contributed by atoms with van der Waals surface area (Å²) in [6.45, 7) is 3.54. The summed E-state index contributed by atoms with van der Waals surface area (Å²) in [4.78, 5) is 0. The van der Waals surface area contributed by atoms with E-state index in [9.17, 15) is 0 Å². The van der Waals surface area contributed by atoms with Gasteiger partial charge in [0.2, 0.25) is 0 Å². The van der Waals surface area contributed by atoms with Crippen LogP contribution in [0.5, 0.6) is 0 Å². The van der Waals surface area contributed by atoms with Crippen molar-refractivity contribution in [2.45, 2.75) is 13.5 Å². The van der Waals surface area contributed by atoms with Crippen molar-refractivity contribution < 1.29 is 0 Å². The second-order valence-corrected chi connectivity index (χ2v) is 2.23. The molecule has 0 bridgehead atoms. The molecule has 0 aliphatic heterocycles. The molecule has 1 heterocycles. The fourth-order valence-corrected chi connectivity index (χ4v) is 0.831. The van der Waals surface area contributed by atoms with Crippen LogP contribution in [0.25, 0.3) is 6.08 Å². The van der Waals surface area contributed by atoms with Gasteiger partial charge in [-0.15, -0.1) is 0 Å². The minimum absolute atomic E-state index is 0.568. The van der Waals surface area contributed by atoms with Crippen molar-refractivity contribution in [1.82, 2.24) is 9.78 Å². The van der Waals surface area contributed by atoms with Gasteiger partial charge in [-0.1, -0.05) is 6.08 Å². The lowest BCUT2D eigenvalue weighted by Crippen LogP contribution is -1.94. The second-order valence-electron chi connectivity index (χ2n) is 2.23. The van der Waals surface area contributed by atoms with E-state index < -0.39 is 0 Å². The number of nitrogens with zero attached hydrogens (tertiary/aromatic N) is 2. The summed E-state index contributed by atoms with van der Waals surface area (Å²) < 4.78 is 1.89. The number of rotatable bonds is 3. The first-order valence-electron chi connectivity index (χ1n) is 3.77. The first kappa shape index (κ1) is 8.01. The Bertz CT molecular complexity index is 237. The molecule has 0 aliphatic carbocycles. The Kier molecular flexibility index (Phi) is 2.86. The second kappa shape index (κ2) is 3.93. The molecule has 60 valence electrons. The number of nitrogens with two attached hydrogens (primary N) is 1. The van der Waals surface area contributed by atoms with Crippen LogP contribution in [0.1, 0.15) is 12.6 Å². The molecule has 0 unspecified atom stereocenters. The standard InChI is InChI=1S/C8H13N3/c1-2-11-7-5-8(10-11)4-3-6-9/h3-5,7H,2,6,9H2,1H3/b4-3+. The van der Waals surface area contributed by atoms with Crippen molar-refractivity contribution in [1.29, 1.82) is 0 Å². The van der Waals surface area contributed by atoms with Gasteiger partial charge in [-0.2, -0.15) is 5.10 Å². The predicted molar refractivity (Wildman–Crippen MR) is 46.0 cm³/mol. The fraction of sp³-hybridized carbons (Fsp3) is 0.375. The molecule has 0 spiro atoms. The summed E-state index contributed by atoms with van der Waals surface area (Å²) in [5, 5.41) is 4.24. The normalized spacial score (nSPS) is 11.1. The van der Waals surface area contributed by atoms with Gasteiger partial charge in [-0.25, -0.2) is 0 Å². The third-order valence-corrected chi connectivity index (χ3v) is 1.41. The van der Waals surface area contributed by atoms with Crippen LogP contribution in [0.3, 0.4) is 0 Å².